The molecule has 0 aliphatic heterocycles. The molecule has 0 radical (unpaired) electrons. The van der Waals surface area contributed by atoms with Gasteiger partial charge in [-0.25, -0.2) is 4.39 Å². The zero-order valence-corrected chi connectivity index (χ0v) is 9.24. The van der Waals surface area contributed by atoms with E-state index in [9.17, 15) is 9.18 Å². The van der Waals surface area contributed by atoms with Crippen LogP contribution in [0.5, 0.6) is 0 Å². The minimum atomic E-state index is -0.274. The van der Waals surface area contributed by atoms with Crippen molar-refractivity contribution in [3.63, 3.8) is 0 Å². The molecule has 2 aromatic rings. The van der Waals surface area contributed by atoms with Gasteiger partial charge in [-0.05, 0) is 29.2 Å². The summed E-state index contributed by atoms with van der Waals surface area (Å²) in [6, 6.07) is 12.5. The average Bonchev–Trinajstić information content (AvgIpc) is 2.47. The number of benzene rings is 2. The highest BCUT2D eigenvalue weighted by Gasteiger charge is 2.21. The van der Waals surface area contributed by atoms with Gasteiger partial charge in [0.1, 0.15) is 5.82 Å². The molecule has 0 amide bonds. The van der Waals surface area contributed by atoms with Crippen LogP contribution in [0.4, 0.5) is 4.39 Å². The second kappa shape index (κ2) is 3.81. The van der Waals surface area contributed by atoms with Crippen LogP contribution < -0.4 is 0 Å². The molecule has 0 saturated heterocycles. The molecule has 0 unspecified atom stereocenters. The zero-order valence-electron chi connectivity index (χ0n) is 9.24. The van der Waals surface area contributed by atoms with E-state index in [-0.39, 0.29) is 18.0 Å². The number of fused-ring (bicyclic) bond motifs is 2. The Morgan fingerprint density at radius 2 is 1.65 bits per heavy atom. The van der Waals surface area contributed by atoms with E-state index in [4.69, 9.17) is 0 Å². The Bertz CT molecular complexity index is 602. The summed E-state index contributed by atoms with van der Waals surface area (Å²) in [6.07, 6.45) is 0.800. The van der Waals surface area contributed by atoms with E-state index in [2.05, 4.69) is 0 Å². The monoisotopic (exact) mass is 226 g/mol. The van der Waals surface area contributed by atoms with Crippen molar-refractivity contribution in [1.29, 1.82) is 0 Å². The number of carbonyl (C=O) groups is 1. The number of hydrogen-bond donors (Lipinski definition) is 0. The third-order valence-corrected chi connectivity index (χ3v) is 3.25. The fraction of sp³-hybridized carbons (Fsp3) is 0.133. The van der Waals surface area contributed by atoms with Crippen LogP contribution in [0.15, 0.2) is 42.5 Å². The molecule has 1 aliphatic rings. The Labute approximate surface area is 98.9 Å². The van der Waals surface area contributed by atoms with Crippen LogP contribution in [0.1, 0.15) is 27.0 Å². The number of hydrogen-bond acceptors (Lipinski definition) is 1. The van der Waals surface area contributed by atoms with Crippen molar-refractivity contribution in [1.82, 2.24) is 0 Å². The molecule has 3 rings (SSSR count). The Balaban J connectivity index is 2.20. The number of ketones is 1. The quantitative estimate of drug-likeness (QED) is 0.674. The van der Waals surface area contributed by atoms with E-state index in [1.54, 1.807) is 6.07 Å². The lowest BCUT2D eigenvalue weighted by molar-refractivity contribution is 0.0992. The summed E-state index contributed by atoms with van der Waals surface area (Å²) in [4.78, 5) is 12.1. The van der Waals surface area contributed by atoms with Gasteiger partial charge in [-0.15, -0.1) is 0 Å². The summed E-state index contributed by atoms with van der Waals surface area (Å²) in [7, 11) is 0. The Hall–Kier alpha value is -1.96. The largest absolute Gasteiger partial charge is 0.294 e. The van der Waals surface area contributed by atoms with E-state index in [1.807, 2.05) is 30.3 Å². The maximum Gasteiger partial charge on any atom is 0.167 e. The van der Waals surface area contributed by atoms with Gasteiger partial charge in [0.2, 0.25) is 0 Å². The van der Waals surface area contributed by atoms with Gasteiger partial charge in [0, 0.05) is 12.0 Å². The maximum atomic E-state index is 13.7. The van der Waals surface area contributed by atoms with Crippen molar-refractivity contribution < 1.29 is 9.18 Å². The third kappa shape index (κ3) is 1.66. The minimum absolute atomic E-state index is 0.00412. The molecule has 0 saturated carbocycles. The first-order valence-electron chi connectivity index (χ1n) is 5.63. The summed E-state index contributed by atoms with van der Waals surface area (Å²) in [5.41, 5.74) is 3.18. The molecule has 1 aliphatic carbocycles. The first-order chi connectivity index (χ1) is 8.25. The average molecular weight is 226 g/mol. The van der Waals surface area contributed by atoms with Crippen LogP contribution in [0.25, 0.3) is 0 Å². The first kappa shape index (κ1) is 10.2. The predicted molar refractivity (Wildman–Crippen MR) is 63.7 cm³/mol. The Morgan fingerprint density at radius 3 is 2.53 bits per heavy atom. The molecule has 84 valence electrons. The van der Waals surface area contributed by atoms with Gasteiger partial charge in [0.15, 0.2) is 5.78 Å². The lowest BCUT2D eigenvalue weighted by atomic mass is 10.0. The highest BCUT2D eigenvalue weighted by atomic mass is 19.1. The highest BCUT2D eigenvalue weighted by Crippen LogP contribution is 2.25. The molecule has 0 atom stereocenters. The second-order valence-electron chi connectivity index (χ2n) is 4.31. The van der Waals surface area contributed by atoms with Crippen molar-refractivity contribution in [3.8, 4) is 0 Å². The number of Topliss-reactive ketones (excluding diaryl/α,β-unsaturated/α-hetero) is 1. The van der Waals surface area contributed by atoms with Gasteiger partial charge in [-0.2, -0.15) is 0 Å². The number of halogens is 1. The van der Waals surface area contributed by atoms with Crippen molar-refractivity contribution in [2.75, 3.05) is 0 Å². The van der Waals surface area contributed by atoms with Crippen LogP contribution >= 0.6 is 0 Å². The van der Waals surface area contributed by atoms with Crippen LogP contribution in [-0.2, 0) is 12.8 Å². The minimum Gasteiger partial charge on any atom is -0.294 e. The molecule has 0 aromatic heterocycles. The summed E-state index contributed by atoms with van der Waals surface area (Å²) < 4.78 is 13.7. The molecule has 0 spiro atoms. The van der Waals surface area contributed by atoms with Crippen molar-refractivity contribution >= 4 is 5.78 Å². The fourth-order valence-corrected chi connectivity index (χ4v) is 2.37. The van der Waals surface area contributed by atoms with Crippen molar-refractivity contribution in [2.24, 2.45) is 0 Å². The molecule has 2 aromatic carbocycles. The molecule has 0 fully saturated rings. The standard InChI is InChI=1S/C15H11FO/c16-14-7-3-5-11-8-10-4-1-2-6-12(10)15(17)9-13(11)14/h1-7H,8-9H2. The van der Waals surface area contributed by atoms with Crippen LogP contribution in [0.3, 0.4) is 0 Å². The summed E-state index contributed by atoms with van der Waals surface area (Å²) in [5, 5.41) is 0. The summed E-state index contributed by atoms with van der Waals surface area (Å²) in [6.45, 7) is 0. The molecule has 0 N–H and O–H groups in total. The van der Waals surface area contributed by atoms with E-state index >= 15 is 0 Å². The van der Waals surface area contributed by atoms with E-state index in [0.29, 0.717) is 12.0 Å². The predicted octanol–water partition coefficient (Wildman–Crippen LogP) is 3.16. The van der Waals surface area contributed by atoms with Crippen LogP contribution in [0.2, 0.25) is 0 Å². The maximum absolute atomic E-state index is 13.7. The van der Waals surface area contributed by atoms with Crippen molar-refractivity contribution in [3.05, 3.63) is 70.5 Å². The molecule has 0 bridgehead atoms. The smallest absolute Gasteiger partial charge is 0.167 e. The van der Waals surface area contributed by atoms with E-state index in [1.165, 1.54) is 6.07 Å². The van der Waals surface area contributed by atoms with Crippen molar-refractivity contribution in [2.45, 2.75) is 12.8 Å². The molecule has 2 heteroatoms. The van der Waals surface area contributed by atoms with E-state index < -0.39 is 0 Å². The highest BCUT2D eigenvalue weighted by molar-refractivity contribution is 5.99. The number of rotatable bonds is 0. The SMILES string of the molecule is O=C1Cc2c(F)cccc2Cc2ccccc21. The topological polar surface area (TPSA) is 17.1 Å². The molecule has 1 nitrogen and oxygen atoms in total. The first-order valence-corrected chi connectivity index (χ1v) is 5.63. The van der Waals surface area contributed by atoms with Gasteiger partial charge in [-0.1, -0.05) is 36.4 Å². The van der Waals surface area contributed by atoms with Gasteiger partial charge >= 0.3 is 0 Å². The summed E-state index contributed by atoms with van der Waals surface area (Å²) >= 11 is 0. The Morgan fingerprint density at radius 1 is 0.882 bits per heavy atom. The van der Waals surface area contributed by atoms with Gasteiger partial charge < -0.3 is 0 Å². The van der Waals surface area contributed by atoms with Gasteiger partial charge in [0.05, 0.1) is 0 Å². The van der Waals surface area contributed by atoms with Crippen LogP contribution in [-0.4, -0.2) is 5.78 Å². The number of carbonyl (C=O) groups excluding carboxylic acids is 1. The lowest BCUT2D eigenvalue weighted by Crippen LogP contribution is -2.04. The normalized spacial score (nSPS) is 13.8. The second-order valence-corrected chi connectivity index (χ2v) is 4.31. The van der Waals surface area contributed by atoms with E-state index in [0.717, 1.165) is 16.7 Å². The third-order valence-electron chi connectivity index (χ3n) is 3.25. The fourth-order valence-electron chi connectivity index (χ4n) is 2.37. The van der Waals surface area contributed by atoms with Gasteiger partial charge in [0.25, 0.3) is 0 Å². The molecule has 17 heavy (non-hydrogen) atoms. The lowest BCUT2D eigenvalue weighted by Gasteiger charge is -2.05. The Kier molecular flexibility index (Phi) is 2.29. The zero-order chi connectivity index (χ0) is 11.8. The van der Waals surface area contributed by atoms with Gasteiger partial charge in [-0.3, -0.25) is 4.79 Å². The van der Waals surface area contributed by atoms with Crippen LogP contribution in [0, 0.1) is 5.82 Å². The molecular weight excluding hydrogens is 215 g/mol. The summed E-state index contributed by atoms with van der Waals surface area (Å²) in [5.74, 6) is -0.270. The molecular formula is C15H11FO. The molecule has 0 heterocycles.